The summed E-state index contributed by atoms with van der Waals surface area (Å²) in [4.78, 5) is 15.7. The van der Waals surface area contributed by atoms with Gasteiger partial charge in [-0.15, -0.1) is 0 Å². The molecule has 114 valence electrons. The monoisotopic (exact) mass is 292 g/mol. The summed E-state index contributed by atoms with van der Waals surface area (Å²) in [6, 6.07) is 0. The maximum atomic E-state index is 11.5. The molecule has 0 saturated carbocycles. The molecular weight excluding hydrogens is 272 g/mol. The number of aromatic nitrogens is 3. The number of nitrogens with one attached hydrogen (secondary N) is 1. The molecule has 0 unspecified atom stereocenters. The fourth-order valence-electron chi connectivity index (χ4n) is 2.44. The molecule has 0 aromatic carbocycles. The summed E-state index contributed by atoms with van der Waals surface area (Å²) in [6.07, 6.45) is 1.36. The molecule has 21 heavy (non-hydrogen) atoms. The summed E-state index contributed by atoms with van der Waals surface area (Å²) >= 11 is 0. The highest BCUT2D eigenvalue weighted by molar-refractivity contribution is 6.04. The first-order chi connectivity index (χ1) is 9.76. The van der Waals surface area contributed by atoms with Crippen LogP contribution >= 0.6 is 0 Å². The number of pyridine rings is 1. The van der Waals surface area contributed by atoms with Crippen molar-refractivity contribution in [3.05, 3.63) is 17.5 Å². The number of anilines is 1. The van der Waals surface area contributed by atoms with Gasteiger partial charge in [-0.3, -0.25) is 4.68 Å². The number of methoxy groups -OCH3 is 1. The zero-order valence-corrected chi connectivity index (χ0v) is 12.9. The Morgan fingerprint density at radius 3 is 2.76 bits per heavy atom. The van der Waals surface area contributed by atoms with E-state index >= 15 is 0 Å². The van der Waals surface area contributed by atoms with Crippen LogP contribution in [-0.4, -0.2) is 45.1 Å². The summed E-state index contributed by atoms with van der Waals surface area (Å²) in [5, 5.41) is 17.7. The van der Waals surface area contributed by atoms with Gasteiger partial charge in [0.1, 0.15) is 5.56 Å². The Morgan fingerprint density at radius 1 is 1.52 bits per heavy atom. The smallest absolute Gasteiger partial charge is 0.339 e. The van der Waals surface area contributed by atoms with Gasteiger partial charge in [-0.25, -0.2) is 9.78 Å². The van der Waals surface area contributed by atoms with Crippen LogP contribution in [0.25, 0.3) is 11.0 Å². The van der Waals surface area contributed by atoms with Crippen molar-refractivity contribution in [1.82, 2.24) is 14.8 Å². The summed E-state index contributed by atoms with van der Waals surface area (Å²) in [7, 11) is 3.39. The number of carboxylic acids is 1. The molecule has 7 nitrogen and oxygen atoms in total. The number of hydrogen-bond donors (Lipinski definition) is 2. The zero-order valence-electron chi connectivity index (χ0n) is 12.9. The van der Waals surface area contributed by atoms with Crippen LogP contribution in [0.4, 0.5) is 5.69 Å². The van der Waals surface area contributed by atoms with E-state index in [0.717, 1.165) is 11.1 Å². The van der Waals surface area contributed by atoms with Crippen molar-refractivity contribution in [3.8, 4) is 0 Å². The lowest BCUT2D eigenvalue weighted by molar-refractivity contribution is 0.0697. The second-order valence-electron chi connectivity index (χ2n) is 5.70. The maximum absolute atomic E-state index is 11.5. The molecule has 0 aliphatic carbocycles. The van der Waals surface area contributed by atoms with Crippen LogP contribution < -0.4 is 5.32 Å². The SMILES string of the molecule is COCC(C)(C)Nc1c(C(=O)O)cnc2c1c(C)nn2C. The molecule has 0 radical (unpaired) electrons. The van der Waals surface area contributed by atoms with E-state index < -0.39 is 11.5 Å². The summed E-state index contributed by atoms with van der Waals surface area (Å²) in [5.74, 6) is -1.02. The largest absolute Gasteiger partial charge is 0.478 e. The third-order valence-corrected chi connectivity index (χ3v) is 3.23. The van der Waals surface area contributed by atoms with E-state index in [4.69, 9.17) is 4.74 Å². The first-order valence-electron chi connectivity index (χ1n) is 6.59. The highest BCUT2D eigenvalue weighted by Crippen LogP contribution is 2.30. The lowest BCUT2D eigenvalue weighted by atomic mass is 10.0. The third kappa shape index (κ3) is 2.82. The quantitative estimate of drug-likeness (QED) is 0.873. The molecule has 0 bridgehead atoms. The molecular formula is C14H20N4O3. The summed E-state index contributed by atoms with van der Waals surface area (Å²) in [5.41, 5.74) is 1.62. The van der Waals surface area contributed by atoms with Crippen molar-refractivity contribution < 1.29 is 14.6 Å². The summed E-state index contributed by atoms with van der Waals surface area (Å²) in [6.45, 7) is 6.17. The fraction of sp³-hybridized carbons (Fsp3) is 0.500. The standard InChI is InChI=1S/C14H20N4O3/c1-8-10-11(16-14(2,3)7-21-5)9(13(19)20)6-15-12(10)18(4)17-8/h6H,7H2,1-5H3,(H,15,16)(H,19,20). The van der Waals surface area contributed by atoms with Gasteiger partial charge >= 0.3 is 5.97 Å². The number of ether oxygens (including phenoxy) is 1. The topological polar surface area (TPSA) is 89.3 Å². The van der Waals surface area contributed by atoms with E-state index in [9.17, 15) is 9.90 Å². The van der Waals surface area contributed by atoms with E-state index in [0.29, 0.717) is 17.9 Å². The van der Waals surface area contributed by atoms with E-state index in [1.54, 1.807) is 18.8 Å². The second-order valence-corrected chi connectivity index (χ2v) is 5.70. The minimum Gasteiger partial charge on any atom is -0.478 e. The van der Waals surface area contributed by atoms with E-state index in [-0.39, 0.29) is 5.56 Å². The minimum absolute atomic E-state index is 0.128. The van der Waals surface area contributed by atoms with Crippen LogP contribution in [0.1, 0.15) is 29.9 Å². The summed E-state index contributed by atoms with van der Waals surface area (Å²) < 4.78 is 6.82. The molecule has 7 heteroatoms. The van der Waals surface area contributed by atoms with Gasteiger partial charge in [-0.05, 0) is 20.8 Å². The number of aromatic carboxylic acids is 1. The number of nitrogens with zero attached hydrogens (tertiary/aromatic N) is 3. The first kappa shape index (κ1) is 15.2. The molecule has 0 atom stereocenters. The average molecular weight is 292 g/mol. The molecule has 0 saturated heterocycles. The number of fused-ring (bicyclic) bond motifs is 1. The Morgan fingerprint density at radius 2 is 2.19 bits per heavy atom. The predicted octanol–water partition coefficient (Wildman–Crippen LogP) is 1.81. The highest BCUT2D eigenvalue weighted by atomic mass is 16.5. The minimum atomic E-state index is -1.02. The lowest BCUT2D eigenvalue weighted by Gasteiger charge is -2.27. The molecule has 2 N–H and O–H groups in total. The van der Waals surface area contributed by atoms with Gasteiger partial charge in [0.2, 0.25) is 0 Å². The van der Waals surface area contributed by atoms with E-state index in [1.807, 2.05) is 20.8 Å². The number of rotatable bonds is 5. The maximum Gasteiger partial charge on any atom is 0.339 e. The molecule has 2 heterocycles. The van der Waals surface area contributed by atoms with Gasteiger partial charge in [0, 0.05) is 20.4 Å². The number of hydrogen-bond acceptors (Lipinski definition) is 5. The lowest BCUT2D eigenvalue weighted by Crippen LogP contribution is -2.36. The molecule has 2 aromatic heterocycles. The Balaban J connectivity index is 2.67. The van der Waals surface area contributed by atoms with Gasteiger partial charge < -0.3 is 15.2 Å². The molecule has 0 amide bonds. The number of aryl methyl sites for hydroxylation is 2. The zero-order chi connectivity index (χ0) is 15.8. The van der Waals surface area contributed by atoms with Gasteiger partial charge in [0.15, 0.2) is 5.65 Å². The van der Waals surface area contributed by atoms with Crippen LogP contribution in [0.15, 0.2) is 6.20 Å². The van der Waals surface area contributed by atoms with Crippen molar-refractivity contribution in [3.63, 3.8) is 0 Å². The van der Waals surface area contributed by atoms with Gasteiger partial charge in [0.25, 0.3) is 0 Å². The molecule has 2 rings (SSSR count). The van der Waals surface area contributed by atoms with Crippen LogP contribution in [0.2, 0.25) is 0 Å². The van der Waals surface area contributed by atoms with Crippen LogP contribution in [0.5, 0.6) is 0 Å². The second kappa shape index (κ2) is 5.33. The van der Waals surface area contributed by atoms with E-state index in [1.165, 1.54) is 6.20 Å². The Kier molecular flexibility index (Phi) is 3.87. The molecule has 0 spiro atoms. The van der Waals surface area contributed by atoms with Crippen LogP contribution in [-0.2, 0) is 11.8 Å². The molecule has 0 aliphatic heterocycles. The van der Waals surface area contributed by atoms with E-state index in [2.05, 4.69) is 15.4 Å². The molecule has 0 aliphatic rings. The Hall–Kier alpha value is -2.15. The molecule has 0 fully saturated rings. The van der Waals surface area contributed by atoms with Crippen molar-refractivity contribution in [2.45, 2.75) is 26.3 Å². The predicted molar refractivity (Wildman–Crippen MR) is 79.8 cm³/mol. The normalized spacial score (nSPS) is 11.9. The third-order valence-electron chi connectivity index (χ3n) is 3.23. The van der Waals surface area contributed by atoms with Crippen LogP contribution in [0.3, 0.4) is 0 Å². The number of carbonyl (C=O) groups is 1. The highest BCUT2D eigenvalue weighted by Gasteiger charge is 2.25. The molecule has 2 aromatic rings. The number of carboxylic acid groups (broad SMARTS) is 1. The van der Waals surface area contributed by atoms with Crippen molar-refractivity contribution >= 4 is 22.7 Å². The van der Waals surface area contributed by atoms with Crippen molar-refractivity contribution in [2.24, 2.45) is 7.05 Å². The van der Waals surface area contributed by atoms with Gasteiger partial charge in [0.05, 0.1) is 28.9 Å². The Bertz CT molecular complexity index is 691. The van der Waals surface area contributed by atoms with Gasteiger partial charge in [-0.1, -0.05) is 0 Å². The average Bonchev–Trinajstić information content (AvgIpc) is 2.64. The van der Waals surface area contributed by atoms with Crippen LogP contribution in [0, 0.1) is 6.92 Å². The Labute approximate surface area is 122 Å². The van der Waals surface area contributed by atoms with Crippen molar-refractivity contribution in [2.75, 3.05) is 19.0 Å². The fourth-order valence-corrected chi connectivity index (χ4v) is 2.44. The first-order valence-corrected chi connectivity index (χ1v) is 6.59. The van der Waals surface area contributed by atoms with Gasteiger partial charge in [-0.2, -0.15) is 5.10 Å². The van der Waals surface area contributed by atoms with Crippen molar-refractivity contribution in [1.29, 1.82) is 0 Å².